The van der Waals surface area contributed by atoms with E-state index in [9.17, 15) is 9.90 Å². The number of carboxylic acids is 1. The van der Waals surface area contributed by atoms with E-state index in [-0.39, 0.29) is 11.5 Å². The van der Waals surface area contributed by atoms with Crippen LogP contribution in [0.4, 0.5) is 0 Å². The summed E-state index contributed by atoms with van der Waals surface area (Å²) in [6, 6.07) is 7.99. The van der Waals surface area contributed by atoms with Gasteiger partial charge in [0.2, 0.25) is 5.76 Å². The Hall–Kier alpha value is -2.27. The Morgan fingerprint density at radius 1 is 1.32 bits per heavy atom. The number of aliphatic hydroxyl groups is 1. The molecule has 0 bridgehead atoms. The van der Waals surface area contributed by atoms with Gasteiger partial charge < -0.3 is 19.4 Å². The summed E-state index contributed by atoms with van der Waals surface area (Å²) in [4.78, 5) is 10.7. The van der Waals surface area contributed by atoms with Crippen LogP contribution in [0, 0.1) is 6.92 Å². The SMILES string of the molecule is COc1ccc(C(O)c2ccc(C(=O)O)o2)cc1C. The van der Waals surface area contributed by atoms with Gasteiger partial charge in [0.25, 0.3) is 0 Å². The third-order valence-electron chi connectivity index (χ3n) is 2.84. The average Bonchev–Trinajstić information content (AvgIpc) is 2.87. The summed E-state index contributed by atoms with van der Waals surface area (Å²) < 4.78 is 10.2. The highest BCUT2D eigenvalue weighted by Crippen LogP contribution is 2.27. The van der Waals surface area contributed by atoms with Crippen LogP contribution < -0.4 is 4.74 Å². The summed E-state index contributed by atoms with van der Waals surface area (Å²) >= 11 is 0. The van der Waals surface area contributed by atoms with E-state index in [1.165, 1.54) is 12.1 Å². The fraction of sp³-hybridized carbons (Fsp3) is 0.214. The molecule has 1 atom stereocenters. The second-order valence-electron chi connectivity index (χ2n) is 4.14. The van der Waals surface area contributed by atoms with E-state index in [4.69, 9.17) is 14.3 Å². The van der Waals surface area contributed by atoms with Crippen LogP contribution in [-0.4, -0.2) is 23.3 Å². The maximum Gasteiger partial charge on any atom is 0.371 e. The summed E-state index contributed by atoms with van der Waals surface area (Å²) in [5.74, 6) is -0.438. The second kappa shape index (κ2) is 5.16. The van der Waals surface area contributed by atoms with E-state index in [1.807, 2.05) is 6.92 Å². The molecule has 0 spiro atoms. The number of rotatable bonds is 4. The number of hydrogen-bond donors (Lipinski definition) is 2. The average molecular weight is 262 g/mol. The molecule has 0 radical (unpaired) electrons. The van der Waals surface area contributed by atoms with Gasteiger partial charge in [-0.05, 0) is 42.3 Å². The van der Waals surface area contributed by atoms with Crippen molar-refractivity contribution in [2.75, 3.05) is 7.11 Å². The molecule has 0 aliphatic carbocycles. The number of aliphatic hydroxyl groups excluding tert-OH is 1. The van der Waals surface area contributed by atoms with E-state index in [0.717, 1.165) is 11.3 Å². The van der Waals surface area contributed by atoms with Crippen molar-refractivity contribution in [3.63, 3.8) is 0 Å². The van der Waals surface area contributed by atoms with Crippen LogP contribution in [0.5, 0.6) is 5.75 Å². The molecule has 19 heavy (non-hydrogen) atoms. The molecule has 1 aromatic heterocycles. The summed E-state index contributed by atoms with van der Waals surface area (Å²) in [6.45, 7) is 1.86. The fourth-order valence-corrected chi connectivity index (χ4v) is 1.85. The standard InChI is InChI=1S/C14H14O5/c1-8-7-9(3-4-10(8)18-2)13(15)11-5-6-12(19-11)14(16)17/h3-7,13,15H,1-2H3,(H,16,17). The van der Waals surface area contributed by atoms with Crippen molar-refractivity contribution in [3.8, 4) is 5.75 Å². The molecule has 5 heteroatoms. The highest BCUT2D eigenvalue weighted by Gasteiger charge is 2.18. The molecule has 0 saturated heterocycles. The molecule has 1 heterocycles. The molecule has 0 aliphatic rings. The van der Waals surface area contributed by atoms with Crippen molar-refractivity contribution in [2.45, 2.75) is 13.0 Å². The third kappa shape index (κ3) is 2.61. The van der Waals surface area contributed by atoms with Crippen LogP contribution in [0.3, 0.4) is 0 Å². The van der Waals surface area contributed by atoms with Crippen molar-refractivity contribution in [1.82, 2.24) is 0 Å². The molecule has 5 nitrogen and oxygen atoms in total. The minimum absolute atomic E-state index is 0.195. The Kier molecular flexibility index (Phi) is 3.57. The minimum Gasteiger partial charge on any atom is -0.496 e. The summed E-state index contributed by atoms with van der Waals surface area (Å²) in [5.41, 5.74) is 1.49. The van der Waals surface area contributed by atoms with E-state index in [0.29, 0.717) is 5.56 Å². The van der Waals surface area contributed by atoms with Crippen LogP contribution in [0.25, 0.3) is 0 Å². The smallest absolute Gasteiger partial charge is 0.371 e. The highest BCUT2D eigenvalue weighted by atomic mass is 16.5. The Balaban J connectivity index is 2.30. The molecule has 0 fully saturated rings. The Morgan fingerprint density at radius 2 is 2.05 bits per heavy atom. The molecule has 2 rings (SSSR count). The number of carboxylic acid groups (broad SMARTS) is 1. The van der Waals surface area contributed by atoms with E-state index in [2.05, 4.69) is 0 Å². The quantitative estimate of drug-likeness (QED) is 0.884. The van der Waals surface area contributed by atoms with Gasteiger partial charge in [-0.25, -0.2) is 4.79 Å². The predicted octanol–water partition coefficient (Wildman–Crippen LogP) is 2.38. The zero-order chi connectivity index (χ0) is 14.0. The third-order valence-corrected chi connectivity index (χ3v) is 2.84. The van der Waals surface area contributed by atoms with Crippen LogP contribution >= 0.6 is 0 Å². The number of methoxy groups -OCH3 is 1. The van der Waals surface area contributed by atoms with Crippen molar-refractivity contribution >= 4 is 5.97 Å². The lowest BCUT2D eigenvalue weighted by Crippen LogP contribution is -2.00. The van der Waals surface area contributed by atoms with Crippen molar-refractivity contribution in [1.29, 1.82) is 0 Å². The van der Waals surface area contributed by atoms with Gasteiger partial charge in [-0.2, -0.15) is 0 Å². The molecule has 0 aliphatic heterocycles. The molecule has 2 aromatic rings. The van der Waals surface area contributed by atoms with Gasteiger partial charge in [-0.3, -0.25) is 0 Å². The lowest BCUT2D eigenvalue weighted by molar-refractivity contribution is 0.0655. The number of benzene rings is 1. The molecular formula is C14H14O5. The van der Waals surface area contributed by atoms with Gasteiger partial charge in [0.05, 0.1) is 7.11 Å². The number of furan rings is 1. The zero-order valence-electron chi connectivity index (χ0n) is 10.6. The monoisotopic (exact) mass is 262 g/mol. The summed E-state index contributed by atoms with van der Waals surface area (Å²) in [5, 5.41) is 18.9. The summed E-state index contributed by atoms with van der Waals surface area (Å²) in [7, 11) is 1.57. The molecule has 1 unspecified atom stereocenters. The van der Waals surface area contributed by atoms with Crippen molar-refractivity contribution < 1.29 is 24.2 Å². The molecule has 2 N–H and O–H groups in total. The Morgan fingerprint density at radius 3 is 2.58 bits per heavy atom. The molecular weight excluding hydrogens is 248 g/mol. The summed E-state index contributed by atoms with van der Waals surface area (Å²) in [6.07, 6.45) is -1.00. The largest absolute Gasteiger partial charge is 0.496 e. The van der Waals surface area contributed by atoms with E-state index < -0.39 is 12.1 Å². The first-order valence-corrected chi connectivity index (χ1v) is 5.68. The van der Waals surface area contributed by atoms with Gasteiger partial charge >= 0.3 is 5.97 Å². The minimum atomic E-state index is -1.16. The Labute approximate surface area is 110 Å². The van der Waals surface area contributed by atoms with Crippen LogP contribution in [0.1, 0.15) is 33.5 Å². The molecule has 0 saturated carbocycles. The van der Waals surface area contributed by atoms with Crippen LogP contribution in [0.15, 0.2) is 34.7 Å². The number of hydrogen-bond acceptors (Lipinski definition) is 4. The van der Waals surface area contributed by atoms with Crippen molar-refractivity contribution in [2.24, 2.45) is 0 Å². The highest BCUT2D eigenvalue weighted by molar-refractivity contribution is 5.84. The normalized spacial score (nSPS) is 12.2. The van der Waals surface area contributed by atoms with Crippen LogP contribution in [-0.2, 0) is 0 Å². The van der Waals surface area contributed by atoms with Crippen LogP contribution in [0.2, 0.25) is 0 Å². The predicted molar refractivity (Wildman–Crippen MR) is 67.5 cm³/mol. The number of ether oxygens (including phenoxy) is 1. The molecule has 0 amide bonds. The van der Waals surface area contributed by atoms with Crippen molar-refractivity contribution in [3.05, 3.63) is 53.0 Å². The van der Waals surface area contributed by atoms with Gasteiger partial charge in [0, 0.05) is 0 Å². The maximum absolute atomic E-state index is 10.7. The second-order valence-corrected chi connectivity index (χ2v) is 4.14. The first kappa shape index (κ1) is 13.2. The topological polar surface area (TPSA) is 79.9 Å². The molecule has 1 aromatic carbocycles. The van der Waals surface area contributed by atoms with Gasteiger partial charge in [0.1, 0.15) is 17.6 Å². The zero-order valence-corrected chi connectivity index (χ0v) is 10.6. The number of carbonyl (C=O) groups is 1. The first-order valence-electron chi connectivity index (χ1n) is 5.68. The van der Waals surface area contributed by atoms with Gasteiger partial charge in [-0.1, -0.05) is 6.07 Å². The van der Waals surface area contributed by atoms with E-state index in [1.54, 1.807) is 25.3 Å². The lowest BCUT2D eigenvalue weighted by Gasteiger charge is -2.11. The van der Waals surface area contributed by atoms with Gasteiger partial charge in [-0.15, -0.1) is 0 Å². The lowest BCUT2D eigenvalue weighted by atomic mass is 10.0. The maximum atomic E-state index is 10.7. The number of aromatic carboxylic acids is 1. The first-order chi connectivity index (χ1) is 9.02. The fourth-order valence-electron chi connectivity index (χ4n) is 1.85. The molecule has 100 valence electrons. The Bertz CT molecular complexity index is 600. The number of aryl methyl sites for hydroxylation is 1. The van der Waals surface area contributed by atoms with E-state index >= 15 is 0 Å². The van der Waals surface area contributed by atoms with Gasteiger partial charge in [0.15, 0.2) is 0 Å².